The molecule has 6 nitrogen and oxygen atoms in total. The molecule has 0 saturated heterocycles. The smallest absolute Gasteiger partial charge is 0.275 e. The van der Waals surface area contributed by atoms with Crippen LogP contribution in [0.15, 0.2) is 19.1 Å². The molecule has 0 radical (unpaired) electrons. The molecule has 0 spiro atoms. The Hall–Kier alpha value is -1.09. The summed E-state index contributed by atoms with van der Waals surface area (Å²) >= 11 is 1.99. The van der Waals surface area contributed by atoms with Crippen molar-refractivity contribution in [2.24, 2.45) is 21.2 Å². The number of carbonyl (C=O) groups is 2. The van der Waals surface area contributed by atoms with Crippen LogP contribution in [0, 0.1) is 5.41 Å². The molecule has 2 heterocycles. The number of ketones is 1. The molecular formula is C11H13IN4O2. The molecule has 0 aromatic rings. The molecule has 0 fully saturated rings. The fourth-order valence-electron chi connectivity index (χ4n) is 1.64. The number of hydrazine groups is 1. The molecule has 0 aliphatic carbocycles. The Morgan fingerprint density at radius 3 is 2.67 bits per heavy atom. The van der Waals surface area contributed by atoms with Gasteiger partial charge < -0.3 is 0 Å². The van der Waals surface area contributed by atoms with Crippen LogP contribution < -0.4 is 5.84 Å². The molecule has 2 rings (SSSR count). The van der Waals surface area contributed by atoms with Crippen LogP contribution in [-0.2, 0) is 9.59 Å². The van der Waals surface area contributed by atoms with E-state index in [-0.39, 0.29) is 5.78 Å². The number of nitrogens with zero attached hydrogens (tertiary/aromatic N) is 3. The summed E-state index contributed by atoms with van der Waals surface area (Å²) in [5, 5.41) is 0.889. The van der Waals surface area contributed by atoms with E-state index in [1.54, 1.807) is 27.0 Å². The van der Waals surface area contributed by atoms with E-state index in [1.165, 1.54) is 0 Å². The topological polar surface area (TPSA) is 88.1 Å². The van der Waals surface area contributed by atoms with Crippen LogP contribution in [0.5, 0.6) is 0 Å². The number of amides is 1. The average molecular weight is 360 g/mol. The van der Waals surface area contributed by atoms with Crippen molar-refractivity contribution in [2.45, 2.75) is 26.9 Å². The van der Waals surface area contributed by atoms with Crippen molar-refractivity contribution >= 4 is 46.3 Å². The van der Waals surface area contributed by atoms with Gasteiger partial charge in [-0.3, -0.25) is 9.59 Å². The molecule has 0 saturated carbocycles. The van der Waals surface area contributed by atoms with Crippen molar-refractivity contribution < 1.29 is 9.59 Å². The maximum absolute atomic E-state index is 12.2. The Bertz CT molecular complexity index is 528. The number of carbonyl (C=O) groups excluding carboxylic acids is 2. The highest BCUT2D eigenvalue weighted by Gasteiger charge is 2.41. The van der Waals surface area contributed by atoms with Crippen molar-refractivity contribution in [1.29, 1.82) is 0 Å². The molecule has 0 aromatic heterocycles. The first-order valence-corrected chi connectivity index (χ1v) is 6.46. The summed E-state index contributed by atoms with van der Waals surface area (Å²) in [4.78, 5) is 32.5. The fraction of sp³-hybridized carbons (Fsp3) is 0.455. The maximum atomic E-state index is 12.2. The van der Waals surface area contributed by atoms with Gasteiger partial charge in [0, 0.05) is 15.2 Å². The Kier molecular flexibility index (Phi) is 3.14. The first-order valence-electron chi connectivity index (χ1n) is 5.38. The minimum Gasteiger partial charge on any atom is -0.294 e. The Morgan fingerprint density at radius 2 is 2.11 bits per heavy atom. The lowest BCUT2D eigenvalue weighted by Gasteiger charge is -2.31. The summed E-state index contributed by atoms with van der Waals surface area (Å²) in [5.74, 6) is 5.38. The molecule has 18 heavy (non-hydrogen) atoms. The van der Waals surface area contributed by atoms with Gasteiger partial charge in [0.15, 0.2) is 17.8 Å². The van der Waals surface area contributed by atoms with Gasteiger partial charge in [-0.05, 0) is 22.6 Å². The summed E-state index contributed by atoms with van der Waals surface area (Å²) < 4.78 is 0.688. The molecule has 1 unspecified atom stereocenters. The predicted octanol–water partition coefficient (Wildman–Crippen LogP) is 0.816. The van der Waals surface area contributed by atoms with Gasteiger partial charge in [0.1, 0.15) is 5.57 Å². The largest absolute Gasteiger partial charge is 0.294 e. The number of nitrogens with two attached hydrogens (primary N) is 1. The first kappa shape index (κ1) is 13.3. The number of halogens is 1. The van der Waals surface area contributed by atoms with Crippen LogP contribution in [0.4, 0.5) is 0 Å². The van der Waals surface area contributed by atoms with Gasteiger partial charge in [-0.15, -0.1) is 0 Å². The molecule has 0 bridgehead atoms. The maximum Gasteiger partial charge on any atom is 0.275 e. The van der Waals surface area contributed by atoms with Gasteiger partial charge in [-0.1, -0.05) is 20.8 Å². The summed E-state index contributed by atoms with van der Waals surface area (Å²) in [6.07, 6.45) is 0.556. The predicted molar refractivity (Wildman–Crippen MR) is 76.3 cm³/mol. The number of hydrogen-bond acceptors (Lipinski definition) is 5. The lowest BCUT2D eigenvalue weighted by atomic mass is 9.88. The zero-order valence-corrected chi connectivity index (χ0v) is 12.4. The Balaban J connectivity index is 2.46. The van der Waals surface area contributed by atoms with E-state index in [1.807, 2.05) is 22.6 Å². The molecule has 7 heteroatoms. The average Bonchev–Trinajstić information content (AvgIpc) is 2.63. The van der Waals surface area contributed by atoms with Crippen molar-refractivity contribution in [3.8, 4) is 0 Å². The Morgan fingerprint density at radius 1 is 1.50 bits per heavy atom. The van der Waals surface area contributed by atoms with E-state index < -0.39 is 17.5 Å². The number of fused-ring (bicyclic) bond motifs is 1. The highest BCUT2D eigenvalue weighted by molar-refractivity contribution is 14.1. The minimum absolute atomic E-state index is 0.206. The summed E-state index contributed by atoms with van der Waals surface area (Å²) in [5.41, 5.74) is -0.250. The number of rotatable bonds is 1. The Labute approximate surface area is 118 Å². The number of aliphatic imine (C=N–C) groups is 2. The number of allylic oxidation sites excluding steroid dienone is 1. The quantitative estimate of drug-likeness (QED) is 0.427. The van der Waals surface area contributed by atoms with Gasteiger partial charge >= 0.3 is 0 Å². The van der Waals surface area contributed by atoms with Crippen molar-refractivity contribution in [3.05, 3.63) is 9.15 Å². The highest BCUT2D eigenvalue weighted by atomic mass is 127. The second kappa shape index (κ2) is 4.23. The van der Waals surface area contributed by atoms with Crippen LogP contribution in [0.3, 0.4) is 0 Å². The van der Waals surface area contributed by atoms with Gasteiger partial charge in [0.2, 0.25) is 0 Å². The summed E-state index contributed by atoms with van der Waals surface area (Å²) in [6, 6.07) is 0. The molecule has 1 amide bonds. The van der Waals surface area contributed by atoms with Crippen LogP contribution in [-0.4, -0.2) is 34.9 Å². The first-order chi connectivity index (χ1) is 8.23. The van der Waals surface area contributed by atoms with E-state index in [4.69, 9.17) is 5.84 Å². The van der Waals surface area contributed by atoms with Crippen LogP contribution in [0.1, 0.15) is 20.8 Å². The van der Waals surface area contributed by atoms with Gasteiger partial charge in [0.25, 0.3) is 5.91 Å². The van der Waals surface area contributed by atoms with Crippen molar-refractivity contribution in [2.75, 3.05) is 0 Å². The highest BCUT2D eigenvalue weighted by Crippen LogP contribution is 2.28. The van der Waals surface area contributed by atoms with E-state index in [9.17, 15) is 9.59 Å². The molecule has 2 N–H and O–H groups in total. The van der Waals surface area contributed by atoms with E-state index >= 15 is 0 Å². The normalized spacial score (nSPS) is 23.4. The molecular weight excluding hydrogens is 347 g/mol. The molecule has 0 aromatic carbocycles. The van der Waals surface area contributed by atoms with Crippen LogP contribution in [0.25, 0.3) is 0 Å². The number of Topliss-reactive ketones (excluding diaryl/α,β-unsaturated/α-hetero) is 1. The third kappa shape index (κ3) is 2.01. The zero-order chi connectivity index (χ0) is 13.7. The standard InChI is InChI=1S/C11H13IN4O2/c1-11(2,3)7(17)9-15-8-6(5(12)4-14-8)10(18)16(9)13/h4,9H,13H2,1-3H3. The summed E-state index contributed by atoms with van der Waals surface area (Å²) in [7, 11) is 0. The van der Waals surface area contributed by atoms with Crippen LogP contribution in [0.2, 0.25) is 0 Å². The second-order valence-corrected chi connectivity index (χ2v) is 6.30. The number of amidine groups is 1. The third-order valence-electron chi connectivity index (χ3n) is 2.69. The van der Waals surface area contributed by atoms with Crippen molar-refractivity contribution in [3.63, 3.8) is 0 Å². The summed E-state index contributed by atoms with van der Waals surface area (Å²) in [6.45, 7) is 5.29. The molecule has 2 aliphatic rings. The SMILES string of the molecule is CC(C)(C)C(=O)C1N=C2N=CC(I)=C2C(=O)N1N. The third-order valence-corrected chi connectivity index (χ3v) is 3.51. The lowest BCUT2D eigenvalue weighted by Crippen LogP contribution is -2.55. The number of hydrogen-bond donors (Lipinski definition) is 1. The fourth-order valence-corrected chi connectivity index (χ4v) is 2.25. The van der Waals surface area contributed by atoms with E-state index in [2.05, 4.69) is 9.98 Å². The van der Waals surface area contributed by atoms with E-state index in [0.717, 1.165) is 5.01 Å². The molecule has 1 atom stereocenters. The lowest BCUT2D eigenvalue weighted by molar-refractivity contribution is -0.140. The van der Waals surface area contributed by atoms with Gasteiger partial charge in [0.05, 0.1) is 0 Å². The van der Waals surface area contributed by atoms with Crippen molar-refractivity contribution in [1.82, 2.24) is 5.01 Å². The zero-order valence-electron chi connectivity index (χ0n) is 10.3. The monoisotopic (exact) mass is 360 g/mol. The molecule has 2 aliphatic heterocycles. The van der Waals surface area contributed by atoms with E-state index in [0.29, 0.717) is 15.0 Å². The van der Waals surface area contributed by atoms with Gasteiger partial charge in [-0.25, -0.2) is 20.8 Å². The van der Waals surface area contributed by atoms with Gasteiger partial charge in [-0.2, -0.15) is 0 Å². The molecule has 96 valence electrons. The second-order valence-electron chi connectivity index (χ2n) is 5.13. The minimum atomic E-state index is -0.990. The van der Waals surface area contributed by atoms with Crippen LogP contribution >= 0.6 is 22.6 Å².